The molecule has 2 rings (SSSR count). The number of nitrogens with one attached hydrogen (secondary N) is 1. The van der Waals surface area contributed by atoms with Crippen molar-refractivity contribution in [3.8, 4) is 0 Å². The van der Waals surface area contributed by atoms with Crippen molar-refractivity contribution < 1.29 is 14.3 Å². The molecule has 0 aliphatic heterocycles. The van der Waals surface area contributed by atoms with Gasteiger partial charge in [-0.15, -0.1) is 11.3 Å². The fourth-order valence-corrected chi connectivity index (χ4v) is 2.70. The Hall–Kier alpha value is -1.43. The van der Waals surface area contributed by atoms with Gasteiger partial charge in [-0.25, -0.2) is 9.78 Å². The number of ether oxygens (including phenoxy) is 1. The minimum atomic E-state index is -0.471. The molecule has 1 aromatic rings. The van der Waals surface area contributed by atoms with Crippen LogP contribution in [-0.2, 0) is 4.74 Å². The minimum Gasteiger partial charge on any atom is -0.461 e. The van der Waals surface area contributed by atoms with E-state index in [0.717, 1.165) is 30.1 Å². The number of rotatable bonds is 7. The molecule has 110 valence electrons. The molecule has 0 spiro atoms. The van der Waals surface area contributed by atoms with Gasteiger partial charge in [0, 0.05) is 11.4 Å². The summed E-state index contributed by atoms with van der Waals surface area (Å²) < 4.78 is 4.86. The third-order valence-electron chi connectivity index (χ3n) is 3.33. The first-order chi connectivity index (χ1) is 9.63. The van der Waals surface area contributed by atoms with Gasteiger partial charge in [-0.05, 0) is 25.7 Å². The van der Waals surface area contributed by atoms with E-state index in [4.69, 9.17) is 4.74 Å². The maximum Gasteiger partial charge on any atom is 0.367 e. The molecule has 20 heavy (non-hydrogen) atoms. The Bertz CT molecular complexity index is 483. The third kappa shape index (κ3) is 4.03. The molecule has 0 saturated heterocycles. The van der Waals surface area contributed by atoms with E-state index in [-0.39, 0.29) is 17.0 Å². The van der Waals surface area contributed by atoms with E-state index in [1.807, 2.05) is 0 Å². The highest BCUT2D eigenvalue weighted by atomic mass is 32.1. The van der Waals surface area contributed by atoms with Crippen molar-refractivity contribution >= 4 is 23.2 Å². The van der Waals surface area contributed by atoms with Crippen LogP contribution in [0.5, 0.6) is 0 Å². The molecule has 1 fully saturated rings. The van der Waals surface area contributed by atoms with E-state index < -0.39 is 5.97 Å². The summed E-state index contributed by atoms with van der Waals surface area (Å²) >= 11 is 1.14. The van der Waals surface area contributed by atoms with Crippen molar-refractivity contribution in [3.63, 3.8) is 0 Å². The van der Waals surface area contributed by atoms with Crippen LogP contribution >= 0.6 is 11.3 Å². The molecule has 1 atom stereocenters. The Morgan fingerprint density at radius 2 is 2.25 bits per heavy atom. The van der Waals surface area contributed by atoms with Crippen LogP contribution in [-0.4, -0.2) is 29.5 Å². The van der Waals surface area contributed by atoms with Crippen molar-refractivity contribution in [2.45, 2.75) is 45.6 Å². The average Bonchev–Trinajstić information content (AvgIpc) is 3.10. The van der Waals surface area contributed by atoms with Crippen LogP contribution in [0, 0.1) is 5.92 Å². The number of esters is 1. The summed E-state index contributed by atoms with van der Waals surface area (Å²) in [6, 6.07) is 0.197. The fourth-order valence-electron chi connectivity index (χ4n) is 2.01. The summed E-state index contributed by atoms with van der Waals surface area (Å²) in [4.78, 5) is 27.6. The van der Waals surface area contributed by atoms with Gasteiger partial charge in [0.05, 0.1) is 6.61 Å². The van der Waals surface area contributed by atoms with Gasteiger partial charge < -0.3 is 10.1 Å². The summed E-state index contributed by atoms with van der Waals surface area (Å²) in [5.74, 6) is 0.0941. The van der Waals surface area contributed by atoms with Crippen LogP contribution in [0.4, 0.5) is 0 Å². The van der Waals surface area contributed by atoms with E-state index >= 15 is 0 Å². The molecule has 6 heteroatoms. The summed E-state index contributed by atoms with van der Waals surface area (Å²) in [6.07, 6.45) is 4.50. The largest absolute Gasteiger partial charge is 0.461 e. The molecule has 1 heterocycles. The molecule has 1 saturated carbocycles. The van der Waals surface area contributed by atoms with Crippen LogP contribution in [0.3, 0.4) is 0 Å². The number of hydrogen-bond acceptors (Lipinski definition) is 5. The van der Waals surface area contributed by atoms with Crippen molar-refractivity contribution in [2.75, 3.05) is 6.61 Å². The highest BCUT2D eigenvalue weighted by Gasteiger charge is 2.26. The zero-order valence-corrected chi connectivity index (χ0v) is 12.7. The molecule has 1 aromatic heterocycles. The zero-order chi connectivity index (χ0) is 14.5. The lowest BCUT2D eigenvalue weighted by atomic mass is 10.1. The fraction of sp³-hybridized carbons (Fsp3) is 0.643. The number of amides is 1. The summed E-state index contributed by atoms with van der Waals surface area (Å²) in [6.45, 7) is 4.11. The van der Waals surface area contributed by atoms with E-state index in [9.17, 15) is 9.59 Å². The SMILES string of the molecule is CCOC(=O)c1nc(C(=O)NC(CC)CC2CC2)cs1. The monoisotopic (exact) mass is 296 g/mol. The Kier molecular flexibility index (Phi) is 5.11. The van der Waals surface area contributed by atoms with Crippen LogP contribution in [0.15, 0.2) is 5.38 Å². The predicted octanol–water partition coefficient (Wildman–Crippen LogP) is 2.63. The quantitative estimate of drug-likeness (QED) is 0.785. The van der Waals surface area contributed by atoms with E-state index in [2.05, 4.69) is 17.2 Å². The van der Waals surface area contributed by atoms with Crippen molar-refractivity contribution in [2.24, 2.45) is 5.92 Å². The normalized spacial score (nSPS) is 15.7. The Morgan fingerprint density at radius 1 is 1.50 bits per heavy atom. The number of nitrogens with zero attached hydrogens (tertiary/aromatic N) is 1. The van der Waals surface area contributed by atoms with E-state index in [0.29, 0.717) is 12.3 Å². The van der Waals surface area contributed by atoms with Crippen LogP contribution in [0.2, 0.25) is 0 Å². The first-order valence-electron chi connectivity index (χ1n) is 7.07. The molecule has 1 aliphatic carbocycles. The number of thiazole rings is 1. The molecule has 0 radical (unpaired) electrons. The zero-order valence-electron chi connectivity index (χ0n) is 11.8. The third-order valence-corrected chi connectivity index (χ3v) is 4.15. The lowest BCUT2D eigenvalue weighted by Gasteiger charge is -2.15. The van der Waals surface area contributed by atoms with Gasteiger partial charge in [-0.2, -0.15) is 0 Å². The van der Waals surface area contributed by atoms with Gasteiger partial charge in [-0.1, -0.05) is 19.8 Å². The molecular formula is C14H20N2O3S. The van der Waals surface area contributed by atoms with Gasteiger partial charge in [0.15, 0.2) is 0 Å². The molecule has 5 nitrogen and oxygen atoms in total. The first-order valence-corrected chi connectivity index (χ1v) is 7.95. The molecular weight excluding hydrogens is 276 g/mol. The maximum atomic E-state index is 12.1. The summed E-state index contributed by atoms with van der Waals surface area (Å²) in [5, 5.41) is 4.82. The van der Waals surface area contributed by atoms with Crippen molar-refractivity contribution in [1.29, 1.82) is 0 Å². The highest BCUT2D eigenvalue weighted by Crippen LogP contribution is 2.34. The number of aromatic nitrogens is 1. The van der Waals surface area contributed by atoms with Gasteiger partial charge >= 0.3 is 5.97 Å². The van der Waals surface area contributed by atoms with Crippen LogP contribution < -0.4 is 5.32 Å². The second-order valence-corrected chi connectivity index (χ2v) is 5.87. The number of hydrogen-bond donors (Lipinski definition) is 1. The molecule has 1 N–H and O–H groups in total. The molecule has 0 bridgehead atoms. The summed E-state index contributed by atoms with van der Waals surface area (Å²) in [7, 11) is 0. The predicted molar refractivity (Wildman–Crippen MR) is 77.0 cm³/mol. The standard InChI is InChI=1S/C14H20N2O3S/c1-3-10(7-9-5-6-9)15-12(17)11-8-20-13(16-11)14(18)19-4-2/h8-10H,3-7H2,1-2H3,(H,15,17). The van der Waals surface area contributed by atoms with E-state index in [1.54, 1.807) is 12.3 Å². The van der Waals surface area contributed by atoms with Gasteiger partial charge in [-0.3, -0.25) is 4.79 Å². The number of carbonyl (C=O) groups excluding carboxylic acids is 2. The van der Waals surface area contributed by atoms with Gasteiger partial charge in [0.1, 0.15) is 5.69 Å². The maximum absolute atomic E-state index is 12.1. The van der Waals surface area contributed by atoms with Crippen molar-refractivity contribution in [1.82, 2.24) is 10.3 Å². The minimum absolute atomic E-state index is 0.197. The Labute approximate surface area is 122 Å². The Morgan fingerprint density at radius 3 is 2.85 bits per heavy atom. The second-order valence-electron chi connectivity index (χ2n) is 5.02. The Balaban J connectivity index is 1.92. The lowest BCUT2D eigenvalue weighted by molar-refractivity contribution is 0.0526. The number of carbonyl (C=O) groups is 2. The molecule has 0 aromatic carbocycles. The van der Waals surface area contributed by atoms with Crippen LogP contribution in [0.1, 0.15) is 59.8 Å². The highest BCUT2D eigenvalue weighted by molar-refractivity contribution is 7.11. The van der Waals surface area contributed by atoms with Gasteiger partial charge in [0.25, 0.3) is 5.91 Å². The summed E-state index contributed by atoms with van der Waals surface area (Å²) in [5.41, 5.74) is 0.298. The van der Waals surface area contributed by atoms with Crippen molar-refractivity contribution in [3.05, 3.63) is 16.1 Å². The van der Waals surface area contributed by atoms with Crippen LogP contribution in [0.25, 0.3) is 0 Å². The lowest BCUT2D eigenvalue weighted by Crippen LogP contribution is -2.35. The first kappa shape index (κ1) is 15.0. The second kappa shape index (κ2) is 6.83. The molecule has 1 unspecified atom stereocenters. The van der Waals surface area contributed by atoms with Gasteiger partial charge in [0.2, 0.25) is 5.01 Å². The average molecular weight is 296 g/mol. The topological polar surface area (TPSA) is 68.3 Å². The van der Waals surface area contributed by atoms with E-state index in [1.165, 1.54) is 12.8 Å². The molecule has 1 aliphatic rings. The molecule has 1 amide bonds. The smallest absolute Gasteiger partial charge is 0.367 e.